The van der Waals surface area contributed by atoms with E-state index in [0.29, 0.717) is 35.1 Å². The fourth-order valence-corrected chi connectivity index (χ4v) is 2.82. The molecule has 0 atom stereocenters. The predicted octanol–water partition coefficient (Wildman–Crippen LogP) is 5.26. The van der Waals surface area contributed by atoms with Gasteiger partial charge in [-0.1, -0.05) is 29.8 Å². The maximum Gasteiger partial charge on any atom is 0.259 e. The van der Waals surface area contributed by atoms with E-state index in [1.807, 2.05) is 19.9 Å². The molecule has 28 heavy (non-hydrogen) atoms. The molecule has 0 heterocycles. The summed E-state index contributed by atoms with van der Waals surface area (Å²) in [7, 11) is 0. The van der Waals surface area contributed by atoms with Crippen LogP contribution in [0.3, 0.4) is 0 Å². The van der Waals surface area contributed by atoms with Crippen molar-refractivity contribution in [3.05, 3.63) is 58.1 Å². The first-order chi connectivity index (χ1) is 13.3. The van der Waals surface area contributed by atoms with Crippen LogP contribution in [0.2, 0.25) is 0 Å². The summed E-state index contributed by atoms with van der Waals surface area (Å²) in [5.74, 6) is 0.675. The normalized spacial score (nSPS) is 10.8. The molecule has 2 aromatic carbocycles. The van der Waals surface area contributed by atoms with Crippen molar-refractivity contribution in [2.45, 2.75) is 40.2 Å². The molecular weight excluding hydrogens is 420 g/mol. The Morgan fingerprint density at radius 1 is 1.00 bits per heavy atom. The fraction of sp³-hybridized carbons (Fsp3) is 0.364. The van der Waals surface area contributed by atoms with E-state index in [1.165, 1.54) is 0 Å². The molecule has 0 fully saturated rings. The van der Waals surface area contributed by atoms with Gasteiger partial charge in [0.2, 0.25) is 0 Å². The summed E-state index contributed by atoms with van der Waals surface area (Å²) in [6, 6.07) is 12.3. The molecule has 0 radical (unpaired) electrons. The lowest BCUT2D eigenvalue weighted by atomic mass is 10.1. The number of ether oxygens (including phenoxy) is 1. The van der Waals surface area contributed by atoms with Crippen LogP contribution in [0.1, 0.15) is 54.8 Å². The van der Waals surface area contributed by atoms with Gasteiger partial charge in [-0.3, -0.25) is 9.59 Å². The number of amides is 2. The molecule has 0 aliphatic carbocycles. The topological polar surface area (TPSA) is 67.4 Å². The molecule has 0 aliphatic heterocycles. The van der Waals surface area contributed by atoms with E-state index in [0.717, 1.165) is 10.9 Å². The van der Waals surface area contributed by atoms with E-state index in [2.05, 4.69) is 40.4 Å². The van der Waals surface area contributed by atoms with Crippen LogP contribution in [0, 0.1) is 5.92 Å². The number of anilines is 1. The smallest absolute Gasteiger partial charge is 0.259 e. The SMILES string of the molecule is CC(C)CCOc1ccc(Br)cc1C(=O)Nc1ccc(C(=O)NC(C)C)cc1. The molecule has 2 amide bonds. The van der Waals surface area contributed by atoms with Gasteiger partial charge in [-0.05, 0) is 68.7 Å². The highest BCUT2D eigenvalue weighted by atomic mass is 79.9. The molecule has 0 unspecified atom stereocenters. The van der Waals surface area contributed by atoms with Crippen LogP contribution >= 0.6 is 15.9 Å². The lowest BCUT2D eigenvalue weighted by Crippen LogP contribution is -2.30. The van der Waals surface area contributed by atoms with Gasteiger partial charge in [0.1, 0.15) is 5.75 Å². The van der Waals surface area contributed by atoms with E-state index in [1.54, 1.807) is 36.4 Å². The second-order valence-electron chi connectivity index (χ2n) is 7.33. The fourth-order valence-electron chi connectivity index (χ4n) is 2.46. The summed E-state index contributed by atoms with van der Waals surface area (Å²) >= 11 is 3.41. The van der Waals surface area contributed by atoms with Crippen molar-refractivity contribution in [1.82, 2.24) is 5.32 Å². The van der Waals surface area contributed by atoms with Gasteiger partial charge in [-0.2, -0.15) is 0 Å². The molecule has 6 heteroatoms. The molecule has 5 nitrogen and oxygen atoms in total. The quantitative estimate of drug-likeness (QED) is 0.580. The highest BCUT2D eigenvalue weighted by Gasteiger charge is 2.15. The first kappa shape index (κ1) is 22.0. The zero-order valence-corrected chi connectivity index (χ0v) is 18.3. The van der Waals surface area contributed by atoms with Crippen LogP contribution < -0.4 is 15.4 Å². The molecule has 150 valence electrons. The molecule has 0 aromatic heterocycles. The van der Waals surface area contributed by atoms with Gasteiger partial charge in [0.15, 0.2) is 0 Å². The van der Waals surface area contributed by atoms with Gasteiger partial charge in [-0.25, -0.2) is 0 Å². The highest BCUT2D eigenvalue weighted by molar-refractivity contribution is 9.10. The number of hydrogen-bond acceptors (Lipinski definition) is 3. The van der Waals surface area contributed by atoms with Gasteiger partial charge in [0.05, 0.1) is 12.2 Å². The second kappa shape index (κ2) is 10.3. The molecule has 0 saturated heterocycles. The van der Waals surface area contributed by atoms with E-state index < -0.39 is 0 Å². The monoisotopic (exact) mass is 446 g/mol. The van der Waals surface area contributed by atoms with Gasteiger partial charge in [0.25, 0.3) is 11.8 Å². The number of carbonyl (C=O) groups excluding carboxylic acids is 2. The first-order valence-corrected chi connectivity index (χ1v) is 10.2. The van der Waals surface area contributed by atoms with Gasteiger partial charge in [0, 0.05) is 21.8 Å². The Morgan fingerprint density at radius 3 is 2.29 bits per heavy atom. The summed E-state index contributed by atoms with van der Waals surface area (Å²) in [5.41, 5.74) is 1.62. The zero-order valence-electron chi connectivity index (χ0n) is 16.7. The molecule has 0 saturated carbocycles. The third-order valence-electron chi connectivity index (χ3n) is 3.96. The van der Waals surface area contributed by atoms with Crippen LogP contribution in [0.5, 0.6) is 5.75 Å². The highest BCUT2D eigenvalue weighted by Crippen LogP contribution is 2.25. The largest absolute Gasteiger partial charge is 0.493 e. The van der Waals surface area contributed by atoms with Crippen molar-refractivity contribution in [1.29, 1.82) is 0 Å². The van der Waals surface area contributed by atoms with Crippen LogP contribution in [0.15, 0.2) is 46.9 Å². The molecule has 0 bridgehead atoms. The van der Waals surface area contributed by atoms with Crippen molar-refractivity contribution < 1.29 is 14.3 Å². The third kappa shape index (κ3) is 6.68. The Morgan fingerprint density at radius 2 is 1.68 bits per heavy atom. The summed E-state index contributed by atoms with van der Waals surface area (Å²) < 4.78 is 6.62. The number of hydrogen-bond donors (Lipinski definition) is 2. The molecule has 0 aliphatic rings. The van der Waals surface area contributed by atoms with Crippen molar-refractivity contribution in [3.63, 3.8) is 0 Å². The summed E-state index contributed by atoms with van der Waals surface area (Å²) in [5, 5.41) is 5.70. The van der Waals surface area contributed by atoms with E-state index in [9.17, 15) is 9.59 Å². The van der Waals surface area contributed by atoms with Gasteiger partial charge >= 0.3 is 0 Å². The summed E-state index contributed by atoms with van der Waals surface area (Å²) in [6.45, 7) is 8.63. The number of nitrogens with one attached hydrogen (secondary N) is 2. The maximum absolute atomic E-state index is 12.8. The van der Waals surface area contributed by atoms with Gasteiger partial charge < -0.3 is 15.4 Å². The average molecular weight is 447 g/mol. The number of halogens is 1. The Bertz CT molecular complexity index is 817. The molecule has 2 aromatic rings. The zero-order chi connectivity index (χ0) is 20.7. The van der Waals surface area contributed by atoms with Crippen molar-refractivity contribution in [2.24, 2.45) is 5.92 Å². The van der Waals surface area contributed by atoms with Crippen LogP contribution in [0.4, 0.5) is 5.69 Å². The minimum Gasteiger partial charge on any atom is -0.493 e. The molecular formula is C22H27BrN2O3. The van der Waals surface area contributed by atoms with Gasteiger partial charge in [-0.15, -0.1) is 0 Å². The lowest BCUT2D eigenvalue weighted by Gasteiger charge is -2.13. The van der Waals surface area contributed by atoms with Crippen molar-refractivity contribution in [3.8, 4) is 5.75 Å². The van der Waals surface area contributed by atoms with Crippen LogP contribution in [0.25, 0.3) is 0 Å². The second-order valence-corrected chi connectivity index (χ2v) is 8.25. The van der Waals surface area contributed by atoms with E-state index >= 15 is 0 Å². The summed E-state index contributed by atoms with van der Waals surface area (Å²) in [4.78, 5) is 24.8. The summed E-state index contributed by atoms with van der Waals surface area (Å²) in [6.07, 6.45) is 0.914. The molecule has 0 spiro atoms. The molecule has 2 rings (SSSR count). The first-order valence-electron chi connectivity index (χ1n) is 9.41. The van der Waals surface area contributed by atoms with E-state index in [-0.39, 0.29) is 17.9 Å². The van der Waals surface area contributed by atoms with Crippen LogP contribution in [-0.4, -0.2) is 24.5 Å². The Labute approximate surface area is 175 Å². The predicted molar refractivity (Wildman–Crippen MR) is 116 cm³/mol. The van der Waals surface area contributed by atoms with Crippen molar-refractivity contribution >= 4 is 33.4 Å². The Hall–Kier alpha value is -2.34. The van der Waals surface area contributed by atoms with Crippen LogP contribution in [-0.2, 0) is 0 Å². The average Bonchev–Trinajstić information content (AvgIpc) is 2.62. The molecule has 2 N–H and O–H groups in total. The lowest BCUT2D eigenvalue weighted by molar-refractivity contribution is 0.0942. The third-order valence-corrected chi connectivity index (χ3v) is 4.46. The minimum absolute atomic E-state index is 0.0672. The Balaban J connectivity index is 2.09. The minimum atomic E-state index is -0.264. The number of carbonyl (C=O) groups is 2. The van der Waals surface area contributed by atoms with E-state index in [4.69, 9.17) is 4.74 Å². The Kier molecular flexibility index (Phi) is 8.05. The van der Waals surface area contributed by atoms with Crippen molar-refractivity contribution in [2.75, 3.05) is 11.9 Å². The maximum atomic E-state index is 12.8. The standard InChI is InChI=1S/C22H27BrN2O3/c1-14(2)11-12-28-20-10-7-17(23)13-19(20)22(27)25-18-8-5-16(6-9-18)21(26)24-15(3)4/h5-10,13-15H,11-12H2,1-4H3,(H,24,26)(H,25,27). The number of rotatable bonds is 8. The number of benzene rings is 2.